The van der Waals surface area contributed by atoms with E-state index in [0.29, 0.717) is 45.8 Å². The molecule has 0 radical (unpaired) electrons. The third-order valence-electron chi connectivity index (χ3n) is 11.9. The fraction of sp³-hybridized carbons (Fsp3) is 0.377. The predicted molar refractivity (Wildman–Crippen MR) is 279 cm³/mol. The lowest BCUT2D eigenvalue weighted by molar-refractivity contribution is -0.118. The van der Waals surface area contributed by atoms with E-state index in [4.69, 9.17) is 9.41 Å². The van der Waals surface area contributed by atoms with Crippen molar-refractivity contribution in [3.8, 4) is 22.5 Å². The summed E-state index contributed by atoms with van der Waals surface area (Å²) in [6.45, 7) is 23.4. The predicted octanol–water partition coefficient (Wildman–Crippen LogP) is 11.3. The van der Waals surface area contributed by atoms with Crippen molar-refractivity contribution in [2.24, 2.45) is 15.8 Å². The second kappa shape index (κ2) is 19.0. The summed E-state index contributed by atoms with van der Waals surface area (Å²) in [4.78, 5) is 32.8. The van der Waals surface area contributed by atoms with Crippen molar-refractivity contribution in [3.05, 3.63) is 99.4 Å². The van der Waals surface area contributed by atoms with E-state index < -0.39 is 25.0 Å². The van der Waals surface area contributed by atoms with Crippen LogP contribution in [0.2, 0.25) is 0 Å². The number of sulfonamides is 1. The number of hydrogen-bond acceptors (Lipinski definition) is 10. The summed E-state index contributed by atoms with van der Waals surface area (Å²) in [6.07, 6.45) is 0.601. The zero-order chi connectivity index (χ0) is 51.5. The maximum absolute atomic E-state index is 14.5. The number of carbonyl (C=O) groups excluding carboxylic acids is 2. The fourth-order valence-corrected chi connectivity index (χ4v) is 10.5. The first-order valence-electron chi connectivity index (χ1n) is 22.7. The Kier molecular flexibility index (Phi) is 14.4. The van der Waals surface area contributed by atoms with Crippen molar-refractivity contribution >= 4 is 77.0 Å². The summed E-state index contributed by atoms with van der Waals surface area (Å²) in [5.74, 6) is -0.110. The smallest absolute Gasteiger partial charge is 0.295 e. The van der Waals surface area contributed by atoms with Crippen molar-refractivity contribution in [3.63, 3.8) is 0 Å². The van der Waals surface area contributed by atoms with Crippen molar-refractivity contribution in [1.29, 1.82) is 0 Å². The van der Waals surface area contributed by atoms with Gasteiger partial charge >= 0.3 is 0 Å². The van der Waals surface area contributed by atoms with E-state index in [0.717, 1.165) is 37.8 Å². The molecule has 0 saturated heterocycles. The summed E-state index contributed by atoms with van der Waals surface area (Å²) in [7, 11) is -2.57. The second-order valence-electron chi connectivity index (χ2n) is 20.9. The highest BCUT2D eigenvalue weighted by Gasteiger charge is 2.30. The Labute approximate surface area is 407 Å². The molecule has 4 aromatic rings. The van der Waals surface area contributed by atoms with E-state index >= 15 is 0 Å². The monoisotopic (exact) mass is 978 g/mol. The van der Waals surface area contributed by atoms with E-state index in [1.165, 1.54) is 38.4 Å². The van der Waals surface area contributed by atoms with Crippen molar-refractivity contribution in [2.45, 2.75) is 106 Å². The third kappa shape index (κ3) is 11.2. The molecule has 6 rings (SSSR count). The topological polar surface area (TPSA) is 191 Å². The normalized spacial score (nSPS) is 12.8. The molecule has 0 aromatic heterocycles. The van der Waals surface area contributed by atoms with Crippen LogP contribution in [0.4, 0.5) is 34.1 Å². The summed E-state index contributed by atoms with van der Waals surface area (Å²) in [6, 6.07) is 16.4. The molecule has 368 valence electrons. The number of amides is 2. The third-order valence-corrected chi connectivity index (χ3v) is 14.7. The maximum atomic E-state index is 14.5. The van der Waals surface area contributed by atoms with E-state index in [2.05, 4.69) is 16.0 Å². The van der Waals surface area contributed by atoms with Gasteiger partial charge in [0, 0.05) is 92.3 Å². The number of aryl methyl sites for hydroxylation is 4. The zero-order valence-corrected chi connectivity index (χ0v) is 44.3. The summed E-state index contributed by atoms with van der Waals surface area (Å²) in [5, 5.41) is 10.3. The van der Waals surface area contributed by atoms with Gasteiger partial charge in [-0.3, -0.25) is 14.1 Å². The first kappa shape index (κ1) is 52.3. The largest absolute Gasteiger partial charge is 0.456 e. The number of hydrogen-bond donors (Lipinski definition) is 4. The quantitative estimate of drug-likeness (QED) is 0.0678. The molecule has 0 saturated carbocycles. The van der Waals surface area contributed by atoms with Gasteiger partial charge in [0.05, 0.1) is 22.4 Å². The van der Waals surface area contributed by atoms with E-state index in [-0.39, 0.29) is 67.4 Å². The number of carbonyl (C=O) groups is 2. The van der Waals surface area contributed by atoms with Gasteiger partial charge in [0.15, 0.2) is 0 Å². The van der Waals surface area contributed by atoms with Crippen LogP contribution in [0.1, 0.15) is 87.8 Å². The molecule has 1 aliphatic carbocycles. The molecule has 16 heteroatoms. The van der Waals surface area contributed by atoms with Crippen LogP contribution in [0, 0.1) is 52.4 Å². The highest BCUT2D eigenvalue weighted by molar-refractivity contribution is 7.89. The Balaban J connectivity index is 1.72. The van der Waals surface area contributed by atoms with Crippen LogP contribution in [0.15, 0.2) is 79.9 Å². The van der Waals surface area contributed by atoms with Crippen LogP contribution in [0.25, 0.3) is 33.4 Å². The fourth-order valence-electron chi connectivity index (χ4n) is 8.79. The minimum absolute atomic E-state index is 0.0329. The molecular formula is C53H66N6O8S2. The summed E-state index contributed by atoms with van der Waals surface area (Å²) >= 11 is 0. The molecule has 0 spiro atoms. The van der Waals surface area contributed by atoms with Crippen LogP contribution in [0.5, 0.6) is 0 Å². The molecule has 1 heterocycles. The zero-order valence-electron chi connectivity index (χ0n) is 42.7. The number of rotatable bonds is 12. The molecule has 0 fully saturated rings. The molecule has 2 amide bonds. The summed E-state index contributed by atoms with van der Waals surface area (Å²) < 4.78 is 73.8. The van der Waals surface area contributed by atoms with Gasteiger partial charge in [0.2, 0.25) is 21.8 Å². The maximum Gasteiger partial charge on any atom is 0.295 e. The first-order chi connectivity index (χ1) is 31.8. The lowest BCUT2D eigenvalue weighted by Crippen LogP contribution is -2.28. The van der Waals surface area contributed by atoms with Crippen LogP contribution in [0.3, 0.4) is 0 Å². The van der Waals surface area contributed by atoms with Gasteiger partial charge < -0.3 is 25.3 Å². The lowest BCUT2D eigenvalue weighted by Gasteiger charge is -2.25. The minimum atomic E-state index is -4.83. The van der Waals surface area contributed by atoms with Gasteiger partial charge in [-0.25, -0.2) is 17.7 Å². The standard InChI is InChI=1S/C53H66N6O8S2/c1-29-21-31(3)50(56-45(60)27-52(7,8)9)33(5)48(29)54-38-25-41-36(23-40(38)58(13)14)47(35-19-17-18-20-43(35)69(64,65)66)37-24-44(68(62,63)59(15)16)39(26-42(37)67-41)55-49-30(2)22-32(4)51(34(49)6)57-46(61)28-53(10,11)12/h17-26,54H,27-28H2,1-16H3,(H,56,60)(H,57,61)(H,64,65,66). The molecule has 14 nitrogen and oxygen atoms in total. The van der Waals surface area contributed by atoms with Crippen LogP contribution < -0.4 is 26.2 Å². The second-order valence-corrected chi connectivity index (χ2v) is 24.4. The van der Waals surface area contributed by atoms with Gasteiger partial charge in [-0.05, 0) is 104 Å². The lowest BCUT2D eigenvalue weighted by atomic mass is 9.91. The molecule has 2 aliphatic rings. The average Bonchev–Trinajstić information content (AvgIpc) is 3.20. The average molecular weight is 979 g/mol. The van der Waals surface area contributed by atoms with Gasteiger partial charge in [-0.2, -0.15) is 8.42 Å². The first-order valence-corrected chi connectivity index (χ1v) is 25.6. The highest BCUT2D eigenvalue weighted by Crippen LogP contribution is 2.47. The molecular weight excluding hydrogens is 913 g/mol. The number of benzene rings is 5. The van der Waals surface area contributed by atoms with Gasteiger partial charge in [0.25, 0.3) is 10.1 Å². The van der Waals surface area contributed by atoms with Crippen molar-refractivity contribution in [2.75, 3.05) is 49.0 Å². The van der Waals surface area contributed by atoms with E-state index in [9.17, 15) is 31.0 Å². The van der Waals surface area contributed by atoms with Gasteiger partial charge in [-0.15, -0.1) is 0 Å². The molecule has 4 N–H and O–H groups in total. The van der Waals surface area contributed by atoms with E-state index in [1.54, 1.807) is 18.2 Å². The molecule has 0 atom stereocenters. The Bertz CT molecular complexity index is 3320. The Hall–Kier alpha value is -6.07. The van der Waals surface area contributed by atoms with Crippen molar-refractivity contribution in [1.82, 2.24) is 4.31 Å². The van der Waals surface area contributed by atoms with E-state index in [1.807, 2.05) is 120 Å². The van der Waals surface area contributed by atoms with Crippen LogP contribution in [-0.4, -0.2) is 65.7 Å². The molecule has 4 aromatic carbocycles. The Morgan fingerprint density at radius 1 is 0.667 bits per heavy atom. The number of anilines is 5. The molecule has 0 bridgehead atoms. The minimum Gasteiger partial charge on any atom is -0.456 e. The molecule has 0 unspecified atom stereocenters. The van der Waals surface area contributed by atoms with Gasteiger partial charge in [0.1, 0.15) is 21.1 Å². The van der Waals surface area contributed by atoms with Crippen molar-refractivity contribution < 1.29 is 35.4 Å². The molecule has 69 heavy (non-hydrogen) atoms. The SMILES string of the molecule is Cc1cc(C)c(NC(=O)CC(C)(C)C)c(C)c1N=c1cc2oc3cc(Nc4c(C)cc(C)c(NC(=O)CC(C)(C)C)c4C)c(N(C)C)cc3c(-c3ccccc3S(=O)(=O)O)c-2cc1S(=O)(=O)N(C)C. The van der Waals surface area contributed by atoms with Gasteiger partial charge in [-0.1, -0.05) is 71.9 Å². The number of fused-ring (bicyclic) bond motifs is 2. The highest BCUT2D eigenvalue weighted by atomic mass is 32.2. The number of nitrogens with zero attached hydrogens (tertiary/aromatic N) is 3. The Morgan fingerprint density at radius 3 is 1.74 bits per heavy atom. The number of nitrogens with one attached hydrogen (secondary N) is 3. The Morgan fingerprint density at radius 2 is 1.20 bits per heavy atom. The van der Waals surface area contributed by atoms with Crippen LogP contribution >= 0.6 is 0 Å². The molecule has 1 aliphatic heterocycles. The van der Waals surface area contributed by atoms with Crippen LogP contribution in [-0.2, 0) is 29.7 Å². The summed E-state index contributed by atoms with van der Waals surface area (Å²) in [5.41, 5.74) is 8.97.